The Hall–Kier alpha value is -0.260. The van der Waals surface area contributed by atoms with E-state index in [1.54, 1.807) is 0 Å². The molecule has 3 aliphatic carbocycles. The molecular weight excluding hydrogens is 312 g/mol. The smallest absolute Gasteiger partial charge is 0 e. The lowest BCUT2D eigenvalue weighted by atomic mass is 9.50. The van der Waals surface area contributed by atoms with Crippen molar-refractivity contribution in [3.05, 3.63) is 12.2 Å². The van der Waals surface area contributed by atoms with Gasteiger partial charge in [0, 0.05) is 1.43 Å². The van der Waals surface area contributed by atoms with Crippen molar-refractivity contribution in [3.63, 3.8) is 0 Å². The van der Waals surface area contributed by atoms with Crippen molar-refractivity contribution in [2.75, 3.05) is 0 Å². The molecule has 0 saturated heterocycles. The Bertz CT molecular complexity index is 414. The summed E-state index contributed by atoms with van der Waals surface area (Å²) in [6, 6.07) is 0. The van der Waals surface area contributed by atoms with Crippen LogP contribution in [0.25, 0.3) is 0 Å². The molecule has 3 saturated carbocycles. The molecule has 7 unspecified atom stereocenters. The molecule has 7 atom stereocenters. The van der Waals surface area contributed by atoms with E-state index in [1.807, 2.05) is 27.7 Å². The standard InChI is InChI=1S/C22H38.2C2H6.H2/c1-6-8-17-16(7-2)9-10-19-18(17)13-14-22(5)20(15(3)4)11-12-21(19)22;2*1-2;/h16-21H,3,6-14H2,1-2,4-5H3;2*1-2H3;1H. The molecule has 3 aliphatic rings. The summed E-state index contributed by atoms with van der Waals surface area (Å²) in [7, 11) is 0. The summed E-state index contributed by atoms with van der Waals surface area (Å²) in [5.74, 6) is 5.99. The van der Waals surface area contributed by atoms with Crippen molar-refractivity contribution in [1.29, 1.82) is 0 Å². The van der Waals surface area contributed by atoms with Gasteiger partial charge in [0.25, 0.3) is 0 Å². The molecule has 0 nitrogen and oxygen atoms in total. The minimum Gasteiger partial charge on any atom is -0.0998 e. The highest BCUT2D eigenvalue weighted by atomic mass is 14.6. The van der Waals surface area contributed by atoms with E-state index >= 15 is 0 Å². The van der Waals surface area contributed by atoms with Crippen LogP contribution in [0.4, 0.5) is 0 Å². The summed E-state index contributed by atoms with van der Waals surface area (Å²) in [6.45, 7) is 22.1. The Morgan fingerprint density at radius 1 is 0.962 bits per heavy atom. The van der Waals surface area contributed by atoms with Crippen LogP contribution in [0.15, 0.2) is 12.2 Å². The van der Waals surface area contributed by atoms with Gasteiger partial charge in [0.2, 0.25) is 0 Å². The third-order valence-electron chi connectivity index (χ3n) is 8.26. The van der Waals surface area contributed by atoms with Gasteiger partial charge in [-0.1, -0.05) is 79.9 Å². The molecule has 3 fully saturated rings. The van der Waals surface area contributed by atoms with Gasteiger partial charge in [0.1, 0.15) is 0 Å². The minimum absolute atomic E-state index is 0. The van der Waals surface area contributed by atoms with E-state index in [9.17, 15) is 0 Å². The van der Waals surface area contributed by atoms with Crippen LogP contribution in [-0.2, 0) is 0 Å². The average molecular weight is 365 g/mol. The molecule has 3 rings (SSSR count). The van der Waals surface area contributed by atoms with Crippen LogP contribution in [0.2, 0.25) is 0 Å². The molecule has 0 heterocycles. The maximum atomic E-state index is 4.35. The number of hydrogen-bond donors (Lipinski definition) is 0. The zero-order valence-corrected chi connectivity index (χ0v) is 19.5. The summed E-state index contributed by atoms with van der Waals surface area (Å²) in [6.07, 6.45) is 13.3. The van der Waals surface area contributed by atoms with Crippen molar-refractivity contribution < 1.29 is 1.43 Å². The van der Waals surface area contributed by atoms with Crippen molar-refractivity contribution >= 4 is 0 Å². The zero-order valence-electron chi connectivity index (χ0n) is 19.5. The monoisotopic (exact) mass is 364 g/mol. The lowest BCUT2D eigenvalue weighted by Crippen LogP contribution is -2.47. The molecule has 0 bridgehead atoms. The molecule has 0 heteroatoms. The molecular formula is C26H52. The van der Waals surface area contributed by atoms with E-state index < -0.39 is 0 Å². The normalized spacial score (nSPS) is 40.9. The fourth-order valence-electron chi connectivity index (χ4n) is 7.33. The minimum atomic E-state index is 0. The summed E-state index contributed by atoms with van der Waals surface area (Å²) in [4.78, 5) is 0. The van der Waals surface area contributed by atoms with Crippen LogP contribution in [0.1, 0.15) is 115 Å². The molecule has 0 amide bonds. The predicted octanol–water partition coefficient (Wildman–Crippen LogP) is 9.16. The number of rotatable bonds is 4. The van der Waals surface area contributed by atoms with Crippen LogP contribution < -0.4 is 0 Å². The summed E-state index contributed by atoms with van der Waals surface area (Å²) in [5, 5.41) is 0. The molecule has 0 aromatic heterocycles. The highest BCUT2D eigenvalue weighted by Crippen LogP contribution is 2.64. The molecule has 0 aromatic carbocycles. The number of allylic oxidation sites excluding steroid dienone is 1. The van der Waals surface area contributed by atoms with E-state index in [1.165, 1.54) is 63.4 Å². The lowest BCUT2D eigenvalue weighted by Gasteiger charge is -2.55. The second-order valence-corrected chi connectivity index (χ2v) is 9.15. The van der Waals surface area contributed by atoms with Crippen molar-refractivity contribution in [3.8, 4) is 0 Å². The first-order chi connectivity index (χ1) is 12.5. The Balaban J connectivity index is 0.00000127. The van der Waals surface area contributed by atoms with Crippen LogP contribution in [0, 0.1) is 40.9 Å². The van der Waals surface area contributed by atoms with Crippen molar-refractivity contribution in [2.45, 2.75) is 113 Å². The Morgan fingerprint density at radius 3 is 2.15 bits per heavy atom. The second-order valence-electron chi connectivity index (χ2n) is 9.15. The number of fused-ring (bicyclic) bond motifs is 3. The van der Waals surface area contributed by atoms with Crippen LogP contribution >= 0.6 is 0 Å². The molecule has 156 valence electrons. The lowest BCUT2D eigenvalue weighted by molar-refractivity contribution is -0.0501. The maximum absolute atomic E-state index is 4.35. The summed E-state index contributed by atoms with van der Waals surface area (Å²) < 4.78 is 0. The molecule has 26 heavy (non-hydrogen) atoms. The van der Waals surface area contributed by atoms with Crippen LogP contribution in [0.3, 0.4) is 0 Å². The summed E-state index contributed by atoms with van der Waals surface area (Å²) >= 11 is 0. The fourth-order valence-corrected chi connectivity index (χ4v) is 7.33. The first-order valence-electron chi connectivity index (χ1n) is 12.2. The van der Waals surface area contributed by atoms with E-state index in [0.717, 1.165) is 35.5 Å². The van der Waals surface area contributed by atoms with E-state index in [0.29, 0.717) is 5.41 Å². The van der Waals surface area contributed by atoms with Gasteiger partial charge in [0.15, 0.2) is 0 Å². The predicted molar refractivity (Wildman–Crippen MR) is 122 cm³/mol. The quantitative estimate of drug-likeness (QED) is 0.436. The van der Waals surface area contributed by atoms with Gasteiger partial charge in [-0.3, -0.25) is 0 Å². The molecule has 0 spiro atoms. The maximum Gasteiger partial charge on any atom is 0 e. The van der Waals surface area contributed by atoms with Gasteiger partial charge >= 0.3 is 0 Å². The Kier molecular flexibility index (Phi) is 9.98. The first kappa shape index (κ1) is 23.8. The van der Waals surface area contributed by atoms with Gasteiger partial charge in [-0.25, -0.2) is 0 Å². The van der Waals surface area contributed by atoms with Gasteiger partial charge < -0.3 is 0 Å². The van der Waals surface area contributed by atoms with E-state index in [-0.39, 0.29) is 1.43 Å². The van der Waals surface area contributed by atoms with Crippen molar-refractivity contribution in [1.82, 2.24) is 0 Å². The molecule has 0 aromatic rings. The van der Waals surface area contributed by atoms with Crippen LogP contribution in [-0.4, -0.2) is 0 Å². The van der Waals surface area contributed by atoms with Gasteiger partial charge in [-0.2, -0.15) is 0 Å². The van der Waals surface area contributed by atoms with E-state index in [4.69, 9.17) is 0 Å². The molecule has 0 N–H and O–H groups in total. The third-order valence-corrected chi connectivity index (χ3v) is 8.26. The topological polar surface area (TPSA) is 0 Å². The second kappa shape index (κ2) is 10.9. The SMILES string of the molecule is C=C(C)C1CCC2C3CCC(CC)C(CCC)C3CCC12C.CC.CC.[HH]. The zero-order chi connectivity index (χ0) is 19.9. The van der Waals surface area contributed by atoms with Crippen LogP contribution in [0.5, 0.6) is 0 Å². The van der Waals surface area contributed by atoms with E-state index in [2.05, 4.69) is 34.3 Å². The Morgan fingerprint density at radius 2 is 1.62 bits per heavy atom. The number of hydrogen-bond acceptors (Lipinski definition) is 0. The Labute approximate surface area is 168 Å². The van der Waals surface area contributed by atoms with Gasteiger partial charge in [-0.05, 0) is 86.4 Å². The van der Waals surface area contributed by atoms with Crippen molar-refractivity contribution in [2.24, 2.45) is 40.9 Å². The molecule has 0 aliphatic heterocycles. The highest BCUT2D eigenvalue weighted by molar-refractivity contribution is 5.13. The van der Waals surface area contributed by atoms with Gasteiger partial charge in [-0.15, -0.1) is 0 Å². The average Bonchev–Trinajstić information content (AvgIpc) is 3.03. The highest BCUT2D eigenvalue weighted by Gasteiger charge is 2.56. The largest absolute Gasteiger partial charge is 0.0998 e. The first-order valence-corrected chi connectivity index (χ1v) is 12.2. The summed E-state index contributed by atoms with van der Waals surface area (Å²) in [5.41, 5.74) is 2.05. The third kappa shape index (κ3) is 4.41. The fraction of sp³-hybridized carbons (Fsp3) is 0.923. The molecule has 0 radical (unpaired) electrons. The van der Waals surface area contributed by atoms with Gasteiger partial charge in [0.05, 0.1) is 0 Å².